The van der Waals surface area contributed by atoms with E-state index in [0.717, 1.165) is 79.2 Å². The van der Waals surface area contributed by atoms with Gasteiger partial charge in [-0.05, 0) is 181 Å². The predicted octanol–water partition coefficient (Wildman–Crippen LogP) is 15.5. The maximum absolute atomic E-state index is 13.8. The number of aromatic nitrogens is 2. The highest BCUT2D eigenvalue weighted by Gasteiger charge is 2.38. The molecule has 0 spiro atoms. The van der Waals surface area contributed by atoms with E-state index < -0.39 is 0 Å². The first kappa shape index (κ1) is 60.9. The van der Waals surface area contributed by atoms with Crippen LogP contribution in [0.25, 0.3) is 0 Å². The van der Waals surface area contributed by atoms with Crippen LogP contribution in [0.15, 0.2) is 131 Å². The number of ketones is 1. The summed E-state index contributed by atoms with van der Waals surface area (Å²) in [6.07, 6.45) is 11.4. The van der Waals surface area contributed by atoms with Crippen LogP contribution in [-0.4, -0.2) is 68.5 Å². The maximum atomic E-state index is 13.8. The lowest BCUT2D eigenvalue weighted by molar-refractivity contribution is 0.0636. The molecule has 11 nitrogen and oxygen atoms in total. The molecule has 0 bridgehead atoms. The van der Waals surface area contributed by atoms with E-state index in [1.807, 2.05) is 17.0 Å². The summed E-state index contributed by atoms with van der Waals surface area (Å²) in [6, 6.07) is 38.2. The van der Waals surface area contributed by atoms with Gasteiger partial charge in [-0.1, -0.05) is 114 Å². The first-order chi connectivity index (χ1) is 37.9. The highest BCUT2D eigenvalue weighted by Crippen LogP contribution is 2.42. The number of amides is 1. The summed E-state index contributed by atoms with van der Waals surface area (Å²) >= 11 is 3.22. The third-order valence-corrected chi connectivity index (χ3v) is 16.5. The largest absolute Gasteiger partial charge is 0.471 e. The monoisotopic (exact) mass is 1110 g/mol. The van der Waals surface area contributed by atoms with Crippen LogP contribution in [-0.2, 0) is 19.4 Å². The highest BCUT2D eigenvalue weighted by molar-refractivity contribution is 7.97. The number of benzene rings is 4. The van der Waals surface area contributed by atoms with E-state index in [0.29, 0.717) is 22.9 Å². The van der Waals surface area contributed by atoms with Gasteiger partial charge in [0.2, 0.25) is 11.8 Å². The number of likely N-dealkylation sites (tertiary alicyclic amines) is 2. The van der Waals surface area contributed by atoms with Gasteiger partial charge in [-0.2, -0.15) is 0 Å². The molecule has 2 aromatic heterocycles. The molecule has 4 aromatic carbocycles. The summed E-state index contributed by atoms with van der Waals surface area (Å²) in [5.41, 5.74) is 10.0. The van der Waals surface area contributed by atoms with Crippen LogP contribution in [0.5, 0.6) is 11.8 Å². The van der Waals surface area contributed by atoms with Gasteiger partial charge in [0.25, 0.3) is 5.91 Å². The van der Waals surface area contributed by atoms with Gasteiger partial charge in [-0.3, -0.25) is 23.9 Å². The van der Waals surface area contributed by atoms with Gasteiger partial charge >= 0.3 is 0 Å². The van der Waals surface area contributed by atoms with Crippen molar-refractivity contribution < 1.29 is 19.1 Å². The van der Waals surface area contributed by atoms with Crippen molar-refractivity contribution in [2.24, 2.45) is 5.92 Å². The van der Waals surface area contributed by atoms with Crippen LogP contribution in [0.2, 0.25) is 0 Å². The van der Waals surface area contributed by atoms with Crippen molar-refractivity contribution in [3.05, 3.63) is 172 Å². The Bertz CT molecular complexity index is 2900. The predicted molar refractivity (Wildman–Crippen MR) is 327 cm³/mol. The van der Waals surface area contributed by atoms with E-state index in [-0.39, 0.29) is 41.1 Å². The summed E-state index contributed by atoms with van der Waals surface area (Å²) < 4.78 is 19.4. The van der Waals surface area contributed by atoms with E-state index in [4.69, 9.17) is 9.47 Å². The Labute approximate surface area is 481 Å². The molecule has 13 heteroatoms. The normalized spacial score (nSPS) is 19.6. The number of hydrogen-bond donors (Lipinski definition) is 3. The lowest BCUT2D eigenvalue weighted by Gasteiger charge is -2.37. The smallest absolute Gasteiger partial charge is 0.257 e. The first-order valence-electron chi connectivity index (χ1n) is 28.7. The standard InChI is InChI=1S/C31H38N4O2S.C20H24N2O2S.C12H17N.C3H8/c1-6-22-12-14-24(15-13-22)38-34-26-18-31(4,5)37-29-25(26)17-23(19-32-29)30(36)35-16-8-11-27(35)33-28-20(2)9-7-10-21(28)3;1-5-14-6-8-16(9-7-14)25-22-18-11-20(3,4)24-19-17(18)10-15(12-21-19)13(2)23;1-11-7-8-13(9-11)10-12-5-3-2-4-6-12;1-3-2/h7,9-10,12-15,17,19,26-27,33-34H,6,8,11,16,18H2,1-5H3;6-10,12,18,22H,5,11H2,1-4H3;2-6,11H,7-10H2,1H3;3H2,1-2H3. The molecule has 2 fully saturated rings. The van der Waals surface area contributed by atoms with Crippen molar-refractivity contribution in [1.82, 2.24) is 29.2 Å². The van der Waals surface area contributed by atoms with E-state index in [1.165, 1.54) is 58.6 Å². The maximum Gasteiger partial charge on any atom is 0.257 e. The number of hydrogen-bond acceptors (Lipinski definition) is 12. The second kappa shape index (κ2) is 28.6. The number of para-hydroxylation sites is 1. The highest BCUT2D eigenvalue weighted by atomic mass is 32.2. The zero-order chi connectivity index (χ0) is 56.7. The number of anilines is 1. The summed E-state index contributed by atoms with van der Waals surface area (Å²) in [4.78, 5) is 41.3. The lowest BCUT2D eigenvalue weighted by atomic mass is 9.91. The molecule has 2 saturated heterocycles. The molecule has 3 N–H and O–H groups in total. The zero-order valence-corrected chi connectivity index (χ0v) is 50.7. The number of aryl methyl sites for hydroxylation is 4. The first-order valence-corrected chi connectivity index (χ1v) is 30.3. The molecule has 79 heavy (non-hydrogen) atoms. The van der Waals surface area contributed by atoms with Gasteiger partial charge in [0.1, 0.15) is 17.4 Å². The van der Waals surface area contributed by atoms with Crippen LogP contribution >= 0.6 is 23.9 Å². The van der Waals surface area contributed by atoms with Crippen molar-refractivity contribution in [2.75, 3.05) is 25.0 Å². The van der Waals surface area contributed by atoms with Gasteiger partial charge in [0, 0.05) is 77.0 Å². The van der Waals surface area contributed by atoms with Gasteiger partial charge < -0.3 is 19.7 Å². The Morgan fingerprint density at radius 1 is 0.658 bits per heavy atom. The van der Waals surface area contributed by atoms with Crippen molar-refractivity contribution in [3.8, 4) is 11.8 Å². The molecular formula is C66H87N7O4S2. The topological polar surface area (TPSA) is 121 Å². The summed E-state index contributed by atoms with van der Waals surface area (Å²) in [7, 11) is 0. The molecule has 4 aliphatic heterocycles. The summed E-state index contributed by atoms with van der Waals surface area (Å²) in [5.74, 6) is 2.13. The molecule has 422 valence electrons. The summed E-state index contributed by atoms with van der Waals surface area (Å²) in [6.45, 7) is 29.4. The molecule has 0 radical (unpaired) electrons. The lowest BCUT2D eigenvalue weighted by Crippen LogP contribution is -2.41. The van der Waals surface area contributed by atoms with Crippen molar-refractivity contribution in [3.63, 3.8) is 0 Å². The van der Waals surface area contributed by atoms with E-state index in [1.54, 1.807) is 43.2 Å². The van der Waals surface area contributed by atoms with Crippen LogP contribution in [0.4, 0.5) is 5.69 Å². The number of Topliss-reactive ketones (excluding diaryl/α,β-unsaturated/α-hetero) is 1. The van der Waals surface area contributed by atoms with E-state index in [2.05, 4.69) is 203 Å². The number of nitrogens with one attached hydrogen (secondary N) is 3. The second-order valence-corrected chi connectivity index (χ2v) is 24.7. The van der Waals surface area contributed by atoms with Gasteiger partial charge in [-0.25, -0.2) is 9.97 Å². The summed E-state index contributed by atoms with van der Waals surface area (Å²) in [5, 5.41) is 3.65. The molecule has 4 atom stereocenters. The number of ether oxygens (including phenoxy) is 2. The molecular weight excluding hydrogens is 1020 g/mol. The van der Waals surface area contributed by atoms with Gasteiger partial charge in [0.15, 0.2) is 5.78 Å². The van der Waals surface area contributed by atoms with Crippen molar-refractivity contribution in [1.29, 1.82) is 0 Å². The number of rotatable bonds is 14. The zero-order valence-electron chi connectivity index (χ0n) is 49.1. The van der Waals surface area contributed by atoms with E-state index >= 15 is 0 Å². The molecule has 1 amide bonds. The fourth-order valence-corrected chi connectivity index (χ4v) is 11.9. The van der Waals surface area contributed by atoms with Crippen LogP contribution in [0.3, 0.4) is 0 Å². The number of pyridine rings is 2. The Morgan fingerprint density at radius 3 is 1.65 bits per heavy atom. The minimum Gasteiger partial charge on any atom is -0.471 e. The van der Waals surface area contributed by atoms with Gasteiger partial charge in [-0.15, -0.1) is 0 Å². The van der Waals surface area contributed by atoms with Crippen LogP contribution < -0.4 is 24.2 Å². The molecule has 0 saturated carbocycles. The molecule has 4 unspecified atom stereocenters. The molecule has 10 rings (SSSR count). The number of carbonyl (C=O) groups excluding carboxylic acids is 2. The SMILES string of the molecule is CC1CCN(Cc2ccccc2)C1.CCC.CCc1ccc(SNC2CC(C)(C)Oc3ncc(C(=O)N4CCCC4Nc4c(C)cccc4C)cc32)cc1.CCc1ccc(SNC2CC(C)(C)Oc3ncc(C(C)=O)cc32)cc1. The number of carbonyl (C=O) groups is 2. The molecule has 0 aliphatic carbocycles. The van der Waals surface area contributed by atoms with Crippen molar-refractivity contribution >= 4 is 41.3 Å². The molecule has 4 aliphatic rings. The fraction of sp³-hybridized carbons (Fsp3) is 0.455. The Kier molecular flexibility index (Phi) is 22.1. The van der Waals surface area contributed by atoms with Crippen LogP contribution in [0.1, 0.15) is 180 Å². The molecule has 6 aromatic rings. The van der Waals surface area contributed by atoms with Gasteiger partial charge in [0.05, 0.1) is 17.6 Å². The quantitative estimate of drug-likeness (QED) is 0.0711. The number of nitrogens with zero attached hydrogens (tertiary/aromatic N) is 4. The van der Waals surface area contributed by atoms with E-state index in [9.17, 15) is 9.59 Å². The second-order valence-electron chi connectivity index (χ2n) is 22.9. The fourth-order valence-electron chi connectivity index (χ4n) is 10.3. The minimum atomic E-state index is -0.356. The Morgan fingerprint density at radius 2 is 1.16 bits per heavy atom. The van der Waals surface area contributed by atoms with Crippen molar-refractivity contribution in [2.45, 2.75) is 180 Å². The average molecular weight is 1110 g/mol. The Hall–Kier alpha value is -5.70. The van der Waals surface area contributed by atoms with Crippen LogP contribution in [0, 0.1) is 19.8 Å². The average Bonchev–Trinajstić information content (AvgIpc) is 4.09. The third kappa shape index (κ3) is 17.4. The third-order valence-electron chi connectivity index (χ3n) is 14.7. The minimum absolute atomic E-state index is 0.00645. The molecule has 6 heterocycles. The Balaban J connectivity index is 0.000000187. The number of fused-ring (bicyclic) bond motifs is 2.